The highest BCUT2D eigenvalue weighted by molar-refractivity contribution is 5.88. The Labute approximate surface area is 173 Å². The van der Waals surface area contributed by atoms with E-state index in [2.05, 4.69) is 44.6 Å². The number of piperazine rings is 1. The summed E-state index contributed by atoms with van der Waals surface area (Å²) in [6.45, 7) is 8.90. The van der Waals surface area contributed by atoms with Crippen LogP contribution in [0.3, 0.4) is 0 Å². The number of ether oxygens (including phenoxy) is 1. The Kier molecular flexibility index (Phi) is 6.31. The third kappa shape index (κ3) is 4.23. The van der Waals surface area contributed by atoms with Crippen molar-refractivity contribution in [3.8, 4) is 0 Å². The molecule has 6 heteroatoms. The third-order valence-corrected chi connectivity index (χ3v) is 6.52. The van der Waals surface area contributed by atoms with Gasteiger partial charge >= 0.3 is 0 Å². The van der Waals surface area contributed by atoms with Crippen LogP contribution in [0.15, 0.2) is 42.7 Å². The van der Waals surface area contributed by atoms with Crippen LogP contribution in [0.5, 0.6) is 0 Å². The zero-order chi connectivity index (χ0) is 20.1. The average Bonchev–Trinajstić information content (AvgIpc) is 3.26. The summed E-state index contributed by atoms with van der Waals surface area (Å²) in [7, 11) is 0. The van der Waals surface area contributed by atoms with Crippen molar-refractivity contribution in [3.05, 3.63) is 54.1 Å². The van der Waals surface area contributed by atoms with E-state index in [0.29, 0.717) is 13.2 Å². The number of benzene rings is 1. The zero-order valence-corrected chi connectivity index (χ0v) is 17.4. The highest BCUT2D eigenvalue weighted by Gasteiger charge is 2.44. The van der Waals surface area contributed by atoms with Crippen molar-refractivity contribution in [2.24, 2.45) is 0 Å². The number of aryl methyl sites for hydroxylation is 1. The lowest BCUT2D eigenvalue weighted by Crippen LogP contribution is -2.56. The van der Waals surface area contributed by atoms with Gasteiger partial charge in [0.25, 0.3) is 0 Å². The van der Waals surface area contributed by atoms with Gasteiger partial charge in [-0.25, -0.2) is 4.98 Å². The number of nitrogens with zero attached hydrogens (tertiary/aromatic N) is 4. The van der Waals surface area contributed by atoms with Gasteiger partial charge in [-0.05, 0) is 18.4 Å². The van der Waals surface area contributed by atoms with E-state index in [1.807, 2.05) is 24.4 Å². The number of rotatable bonds is 6. The van der Waals surface area contributed by atoms with Crippen molar-refractivity contribution in [2.75, 3.05) is 45.9 Å². The zero-order valence-electron chi connectivity index (χ0n) is 17.4. The van der Waals surface area contributed by atoms with E-state index in [-0.39, 0.29) is 5.91 Å². The minimum Gasteiger partial charge on any atom is -0.381 e. The Morgan fingerprint density at radius 3 is 2.48 bits per heavy atom. The predicted molar refractivity (Wildman–Crippen MR) is 113 cm³/mol. The molecular formula is C23H32N4O2. The van der Waals surface area contributed by atoms with Gasteiger partial charge in [0.15, 0.2) is 0 Å². The van der Waals surface area contributed by atoms with Crippen molar-refractivity contribution < 1.29 is 9.53 Å². The summed E-state index contributed by atoms with van der Waals surface area (Å²) in [4.78, 5) is 22.6. The van der Waals surface area contributed by atoms with E-state index in [1.54, 1.807) is 0 Å². The second-order valence-corrected chi connectivity index (χ2v) is 8.08. The van der Waals surface area contributed by atoms with Crippen molar-refractivity contribution in [3.63, 3.8) is 0 Å². The molecule has 3 heterocycles. The maximum atomic E-state index is 13.6. The van der Waals surface area contributed by atoms with E-state index in [1.165, 1.54) is 0 Å². The summed E-state index contributed by atoms with van der Waals surface area (Å²) in [5, 5.41) is 0. The molecule has 2 fully saturated rings. The van der Waals surface area contributed by atoms with Gasteiger partial charge in [0, 0.05) is 71.3 Å². The molecule has 2 aliphatic heterocycles. The van der Waals surface area contributed by atoms with Crippen molar-refractivity contribution in [2.45, 2.75) is 38.1 Å². The number of imidazole rings is 1. The van der Waals surface area contributed by atoms with Crippen LogP contribution < -0.4 is 0 Å². The molecular weight excluding hydrogens is 364 g/mol. The molecule has 0 unspecified atom stereocenters. The summed E-state index contributed by atoms with van der Waals surface area (Å²) in [5.74, 6) is 1.43. The van der Waals surface area contributed by atoms with Gasteiger partial charge < -0.3 is 14.2 Å². The molecule has 0 bridgehead atoms. The van der Waals surface area contributed by atoms with E-state index < -0.39 is 5.41 Å². The lowest BCUT2D eigenvalue weighted by atomic mass is 9.73. The molecule has 2 aliphatic rings. The fourth-order valence-electron chi connectivity index (χ4n) is 4.69. The van der Waals surface area contributed by atoms with Crippen LogP contribution in [-0.2, 0) is 27.9 Å². The molecule has 2 saturated heterocycles. The van der Waals surface area contributed by atoms with E-state index >= 15 is 0 Å². The first kappa shape index (κ1) is 20.1. The Morgan fingerprint density at radius 1 is 1.07 bits per heavy atom. The van der Waals surface area contributed by atoms with Gasteiger partial charge in [-0.1, -0.05) is 37.3 Å². The van der Waals surface area contributed by atoms with Crippen molar-refractivity contribution >= 4 is 5.91 Å². The quantitative estimate of drug-likeness (QED) is 0.752. The maximum Gasteiger partial charge on any atom is 0.233 e. The van der Waals surface area contributed by atoms with E-state index in [9.17, 15) is 4.79 Å². The number of hydrogen-bond acceptors (Lipinski definition) is 4. The van der Waals surface area contributed by atoms with Gasteiger partial charge in [0.1, 0.15) is 5.82 Å². The van der Waals surface area contributed by atoms with Gasteiger partial charge in [0.2, 0.25) is 5.91 Å². The Balaban J connectivity index is 1.37. The first-order chi connectivity index (χ1) is 14.2. The largest absolute Gasteiger partial charge is 0.381 e. The molecule has 4 rings (SSSR count). The van der Waals surface area contributed by atoms with Gasteiger partial charge in [-0.3, -0.25) is 9.69 Å². The Bertz CT molecular complexity index is 790. The fraction of sp³-hybridized carbons (Fsp3) is 0.565. The molecule has 2 aromatic rings. The molecule has 0 saturated carbocycles. The first-order valence-corrected chi connectivity index (χ1v) is 10.9. The fourth-order valence-corrected chi connectivity index (χ4v) is 4.69. The summed E-state index contributed by atoms with van der Waals surface area (Å²) < 4.78 is 7.84. The monoisotopic (exact) mass is 396 g/mol. The van der Waals surface area contributed by atoms with Crippen LogP contribution in [0.2, 0.25) is 0 Å². The molecule has 6 nitrogen and oxygen atoms in total. The SMILES string of the molecule is CCc1nccn1CCN1CCN(C(=O)C2(c3ccccc3)CCOCC2)CC1. The van der Waals surface area contributed by atoms with Crippen LogP contribution in [0.25, 0.3) is 0 Å². The molecule has 1 amide bonds. The molecule has 156 valence electrons. The highest BCUT2D eigenvalue weighted by atomic mass is 16.5. The lowest BCUT2D eigenvalue weighted by Gasteiger charge is -2.43. The highest BCUT2D eigenvalue weighted by Crippen LogP contribution is 2.37. The minimum atomic E-state index is -0.422. The predicted octanol–water partition coefficient (Wildman–Crippen LogP) is 2.34. The third-order valence-electron chi connectivity index (χ3n) is 6.52. The van der Waals surface area contributed by atoms with Crippen molar-refractivity contribution in [1.29, 1.82) is 0 Å². The number of carbonyl (C=O) groups is 1. The molecule has 0 spiro atoms. The van der Waals surface area contributed by atoms with Crippen LogP contribution in [-0.4, -0.2) is 71.2 Å². The molecule has 1 aromatic heterocycles. The Hall–Kier alpha value is -2.18. The van der Waals surface area contributed by atoms with Gasteiger partial charge in [0.05, 0.1) is 5.41 Å². The van der Waals surface area contributed by atoms with Crippen LogP contribution >= 0.6 is 0 Å². The van der Waals surface area contributed by atoms with Crippen molar-refractivity contribution in [1.82, 2.24) is 19.4 Å². The normalized spacial score (nSPS) is 20.0. The summed E-state index contributed by atoms with van der Waals surface area (Å²) in [6, 6.07) is 10.3. The standard InChI is InChI=1S/C23H32N4O2/c1-2-21-24-10-11-26(21)15-12-25-13-16-27(17-14-25)22(28)23(8-18-29-19-9-23)20-6-4-3-5-7-20/h3-7,10-11H,2,8-9,12-19H2,1H3. The van der Waals surface area contributed by atoms with E-state index in [4.69, 9.17) is 4.74 Å². The minimum absolute atomic E-state index is 0.287. The van der Waals surface area contributed by atoms with E-state index in [0.717, 1.165) is 69.9 Å². The number of aromatic nitrogens is 2. The second kappa shape index (κ2) is 9.09. The Morgan fingerprint density at radius 2 is 1.79 bits per heavy atom. The summed E-state index contributed by atoms with van der Waals surface area (Å²) in [5.41, 5.74) is 0.719. The number of amides is 1. The van der Waals surface area contributed by atoms with Crippen LogP contribution in [0.4, 0.5) is 0 Å². The lowest BCUT2D eigenvalue weighted by molar-refractivity contribution is -0.143. The smallest absolute Gasteiger partial charge is 0.233 e. The molecule has 29 heavy (non-hydrogen) atoms. The maximum absolute atomic E-state index is 13.6. The molecule has 0 radical (unpaired) electrons. The average molecular weight is 397 g/mol. The molecule has 1 aromatic carbocycles. The van der Waals surface area contributed by atoms with Gasteiger partial charge in [-0.15, -0.1) is 0 Å². The second-order valence-electron chi connectivity index (χ2n) is 8.08. The van der Waals surface area contributed by atoms with Crippen LogP contribution in [0.1, 0.15) is 31.2 Å². The van der Waals surface area contributed by atoms with Gasteiger partial charge in [-0.2, -0.15) is 0 Å². The molecule has 0 aliphatic carbocycles. The number of carbonyl (C=O) groups excluding carboxylic acids is 1. The molecule has 0 atom stereocenters. The molecule has 0 N–H and O–H groups in total. The summed E-state index contributed by atoms with van der Waals surface area (Å²) >= 11 is 0. The number of hydrogen-bond donors (Lipinski definition) is 0. The summed E-state index contributed by atoms with van der Waals surface area (Å²) in [6.07, 6.45) is 6.45. The first-order valence-electron chi connectivity index (χ1n) is 10.9. The topological polar surface area (TPSA) is 50.6 Å². The van der Waals surface area contributed by atoms with Crippen LogP contribution in [0, 0.1) is 0 Å².